The Morgan fingerprint density at radius 1 is 0.593 bits per heavy atom. The summed E-state index contributed by atoms with van der Waals surface area (Å²) >= 11 is 0. The van der Waals surface area contributed by atoms with Crippen LogP contribution in [0.1, 0.15) is 47.9 Å². The summed E-state index contributed by atoms with van der Waals surface area (Å²) < 4.78 is 68.3. The molecule has 13 heteroatoms. The van der Waals surface area contributed by atoms with E-state index in [0.717, 1.165) is 57.2 Å². The van der Waals surface area contributed by atoms with Crippen molar-refractivity contribution < 1.29 is 41.1 Å². The number of rotatable bonds is 7. The topological polar surface area (TPSA) is 90.0 Å². The van der Waals surface area contributed by atoms with Crippen molar-refractivity contribution in [1.82, 2.24) is 20.0 Å². The van der Waals surface area contributed by atoms with E-state index in [1.807, 2.05) is 54.6 Å². The van der Waals surface area contributed by atoms with E-state index in [2.05, 4.69) is 5.32 Å². The molecule has 0 bridgehead atoms. The van der Waals surface area contributed by atoms with Crippen molar-refractivity contribution in [3.63, 3.8) is 0 Å². The number of alkyl halides is 3. The second-order valence-electron chi connectivity index (χ2n) is 13.8. The van der Waals surface area contributed by atoms with Gasteiger partial charge >= 0.3 is 6.18 Å². The van der Waals surface area contributed by atoms with Crippen molar-refractivity contribution in [2.75, 3.05) is 19.6 Å². The van der Waals surface area contributed by atoms with E-state index in [9.17, 15) is 41.1 Å². The molecule has 1 saturated carbocycles. The van der Waals surface area contributed by atoms with Crippen molar-refractivity contribution >= 4 is 23.6 Å². The van der Waals surface area contributed by atoms with Crippen LogP contribution in [0.2, 0.25) is 0 Å². The van der Waals surface area contributed by atoms with E-state index in [1.165, 1.54) is 17.0 Å². The molecule has 0 aromatic heterocycles. The van der Waals surface area contributed by atoms with Gasteiger partial charge in [0.25, 0.3) is 0 Å². The molecular weight excluding hydrogens is 707 g/mol. The minimum atomic E-state index is -4.58. The molecule has 1 saturated heterocycles. The van der Waals surface area contributed by atoms with E-state index in [4.69, 9.17) is 0 Å². The molecular formula is C41H39F5N4O4. The summed E-state index contributed by atoms with van der Waals surface area (Å²) in [6, 6.07) is 23.5. The lowest BCUT2D eigenvalue weighted by Crippen LogP contribution is -2.52. The van der Waals surface area contributed by atoms with Crippen LogP contribution in [0.15, 0.2) is 97.1 Å². The maximum Gasteiger partial charge on any atom is 0.416 e. The van der Waals surface area contributed by atoms with Crippen LogP contribution in [0.5, 0.6) is 0 Å². The number of hydrogen-bond donors (Lipinski definition) is 1. The lowest BCUT2D eigenvalue weighted by Gasteiger charge is -2.35. The third kappa shape index (κ3) is 9.68. The minimum Gasteiger partial charge on any atom is -0.351 e. The zero-order chi connectivity index (χ0) is 38.4. The SMILES string of the molecule is O=C1CN(Cc2ccc(C(F)(F)F)cc2)C(=O)CN(Cc2cc(F)cc(F)c2)C(=O)CN(Cc2ccc(-c3ccccc3)cc2)C(=O)[C@H]2CCCC[C@H]2N1. The van der Waals surface area contributed by atoms with Gasteiger partial charge in [-0.15, -0.1) is 0 Å². The molecule has 2 aliphatic rings. The quantitative estimate of drug-likeness (QED) is 0.213. The number of amides is 4. The van der Waals surface area contributed by atoms with Crippen LogP contribution in [-0.4, -0.2) is 64.0 Å². The molecule has 0 spiro atoms. The standard InChI is InChI=1S/C41H39F5N4O4/c42-33-18-29(19-34(43)20-33)23-49-25-38(52)48(21-28-12-16-32(17-13-28)41(44,45)46)24-37(51)47-36-9-5-4-8-35(36)40(54)50(26-39(49)53)22-27-10-14-31(15-11-27)30-6-2-1-3-7-30/h1-3,6-7,10-20,35-36H,4-5,8-9,21-26H2,(H,47,51)/t35-,36+/m0/s1. The molecule has 1 aliphatic heterocycles. The molecule has 4 aromatic rings. The predicted molar refractivity (Wildman–Crippen MR) is 190 cm³/mol. The normalized spacial score (nSPS) is 19.1. The summed E-state index contributed by atoms with van der Waals surface area (Å²) in [4.78, 5) is 59.8. The fourth-order valence-corrected chi connectivity index (χ4v) is 7.06. The van der Waals surface area contributed by atoms with Crippen molar-refractivity contribution in [3.8, 4) is 11.1 Å². The molecule has 282 valence electrons. The molecule has 1 N–H and O–H groups in total. The Morgan fingerprint density at radius 2 is 1.11 bits per heavy atom. The smallest absolute Gasteiger partial charge is 0.351 e. The number of fused-ring (bicyclic) bond motifs is 1. The Balaban J connectivity index is 1.33. The molecule has 4 aromatic carbocycles. The number of benzene rings is 4. The molecule has 54 heavy (non-hydrogen) atoms. The lowest BCUT2D eigenvalue weighted by molar-refractivity contribution is -0.147. The maximum atomic E-state index is 14.4. The molecule has 6 rings (SSSR count). The second kappa shape index (κ2) is 16.6. The highest BCUT2D eigenvalue weighted by atomic mass is 19.4. The summed E-state index contributed by atoms with van der Waals surface area (Å²) in [5.74, 6) is -4.81. The van der Waals surface area contributed by atoms with Gasteiger partial charge in [0.1, 0.15) is 24.7 Å². The summed E-state index contributed by atoms with van der Waals surface area (Å²) in [5.41, 5.74) is 2.15. The van der Waals surface area contributed by atoms with Gasteiger partial charge in [0.15, 0.2) is 0 Å². The van der Waals surface area contributed by atoms with Gasteiger partial charge in [-0.25, -0.2) is 8.78 Å². The Hall–Kier alpha value is -5.59. The predicted octanol–water partition coefficient (Wildman–Crippen LogP) is 6.73. The van der Waals surface area contributed by atoms with E-state index in [0.29, 0.717) is 30.9 Å². The van der Waals surface area contributed by atoms with Gasteiger partial charge in [-0.2, -0.15) is 13.2 Å². The molecule has 2 fully saturated rings. The first-order chi connectivity index (χ1) is 25.8. The van der Waals surface area contributed by atoms with Gasteiger partial charge < -0.3 is 20.0 Å². The van der Waals surface area contributed by atoms with Crippen molar-refractivity contribution in [2.45, 2.75) is 57.5 Å². The number of nitrogens with zero attached hydrogens (tertiary/aromatic N) is 3. The minimum absolute atomic E-state index is 0.0350. The van der Waals surface area contributed by atoms with Crippen LogP contribution < -0.4 is 5.32 Å². The molecule has 0 unspecified atom stereocenters. The fourth-order valence-electron chi connectivity index (χ4n) is 7.06. The monoisotopic (exact) mass is 746 g/mol. The highest BCUT2D eigenvalue weighted by Crippen LogP contribution is 2.30. The average molecular weight is 747 g/mol. The highest BCUT2D eigenvalue weighted by molar-refractivity contribution is 5.91. The first-order valence-corrected chi connectivity index (χ1v) is 17.7. The van der Waals surface area contributed by atoms with Crippen molar-refractivity contribution in [1.29, 1.82) is 0 Å². The Bertz CT molecular complexity index is 1950. The Morgan fingerprint density at radius 3 is 1.74 bits per heavy atom. The number of carbonyl (C=O) groups is 4. The number of nitrogens with one attached hydrogen (secondary N) is 1. The third-order valence-electron chi connectivity index (χ3n) is 9.82. The van der Waals surface area contributed by atoms with Crippen LogP contribution in [0.3, 0.4) is 0 Å². The van der Waals surface area contributed by atoms with E-state index >= 15 is 0 Å². The van der Waals surface area contributed by atoms with Crippen LogP contribution in [-0.2, 0) is 45.0 Å². The first-order valence-electron chi connectivity index (χ1n) is 17.7. The molecule has 1 heterocycles. The van der Waals surface area contributed by atoms with E-state index in [-0.39, 0.29) is 24.6 Å². The van der Waals surface area contributed by atoms with Crippen molar-refractivity contribution in [2.24, 2.45) is 5.92 Å². The zero-order valence-corrected chi connectivity index (χ0v) is 29.3. The molecule has 4 amide bonds. The number of carbonyl (C=O) groups excluding carboxylic acids is 4. The van der Waals surface area contributed by atoms with Gasteiger partial charge in [0.05, 0.1) is 18.0 Å². The summed E-state index contributed by atoms with van der Waals surface area (Å²) in [6.07, 6.45) is -2.19. The molecule has 1 aliphatic carbocycles. The largest absolute Gasteiger partial charge is 0.416 e. The lowest BCUT2D eigenvalue weighted by atomic mass is 9.83. The van der Waals surface area contributed by atoms with Gasteiger partial charge in [0, 0.05) is 31.7 Å². The van der Waals surface area contributed by atoms with Gasteiger partial charge in [-0.1, -0.05) is 79.6 Å². The average Bonchev–Trinajstić information content (AvgIpc) is 3.14. The van der Waals surface area contributed by atoms with Crippen LogP contribution in [0.4, 0.5) is 22.0 Å². The summed E-state index contributed by atoms with van der Waals surface area (Å²) in [6.45, 7) is -2.26. The van der Waals surface area contributed by atoms with Crippen molar-refractivity contribution in [3.05, 3.63) is 131 Å². The maximum absolute atomic E-state index is 14.4. The van der Waals surface area contributed by atoms with Crippen LogP contribution in [0, 0.1) is 17.6 Å². The highest BCUT2D eigenvalue weighted by Gasteiger charge is 2.37. The van der Waals surface area contributed by atoms with Gasteiger partial charge in [-0.05, 0) is 64.9 Å². The molecule has 2 atom stereocenters. The zero-order valence-electron chi connectivity index (χ0n) is 29.3. The Labute approximate surface area is 309 Å². The number of halogens is 5. The summed E-state index contributed by atoms with van der Waals surface area (Å²) in [7, 11) is 0. The second-order valence-corrected chi connectivity index (χ2v) is 13.8. The summed E-state index contributed by atoms with van der Waals surface area (Å²) in [5, 5.41) is 2.93. The number of hydrogen-bond acceptors (Lipinski definition) is 4. The van der Waals surface area contributed by atoms with Crippen LogP contribution in [0.25, 0.3) is 11.1 Å². The van der Waals surface area contributed by atoms with Gasteiger partial charge in [0.2, 0.25) is 23.6 Å². The van der Waals surface area contributed by atoms with Gasteiger partial charge in [-0.3, -0.25) is 19.2 Å². The third-order valence-corrected chi connectivity index (χ3v) is 9.82. The fraction of sp³-hybridized carbons (Fsp3) is 0.317. The Kier molecular flexibility index (Phi) is 11.7. The van der Waals surface area contributed by atoms with E-state index in [1.54, 1.807) is 0 Å². The molecule has 0 radical (unpaired) electrons. The first kappa shape index (κ1) is 38.1. The van der Waals surface area contributed by atoms with E-state index < -0.39 is 79.2 Å². The van der Waals surface area contributed by atoms with Crippen LogP contribution >= 0.6 is 0 Å². The molecule has 8 nitrogen and oxygen atoms in total.